The number of fused-ring (bicyclic) bond motifs is 3. The van der Waals surface area contributed by atoms with Crippen molar-refractivity contribution in [1.29, 1.82) is 0 Å². The van der Waals surface area contributed by atoms with Gasteiger partial charge < -0.3 is 4.74 Å². The van der Waals surface area contributed by atoms with E-state index in [0.717, 1.165) is 22.0 Å². The van der Waals surface area contributed by atoms with Gasteiger partial charge in [-0.15, -0.1) is 10.2 Å². The highest BCUT2D eigenvalue weighted by atomic mass is 16.5. The van der Waals surface area contributed by atoms with Crippen LogP contribution in [0.5, 0.6) is 0 Å². The van der Waals surface area contributed by atoms with Crippen molar-refractivity contribution >= 4 is 5.69 Å². The smallest absolute Gasteiger partial charge is 0.141 e. The molecule has 0 amide bonds. The summed E-state index contributed by atoms with van der Waals surface area (Å²) >= 11 is 0. The third-order valence-corrected chi connectivity index (χ3v) is 2.11. The van der Waals surface area contributed by atoms with E-state index >= 15 is 0 Å². The molecule has 2 aliphatic rings. The van der Waals surface area contributed by atoms with Gasteiger partial charge in [-0.1, -0.05) is 6.07 Å². The maximum absolute atomic E-state index is 5.20. The van der Waals surface area contributed by atoms with Crippen LogP contribution >= 0.6 is 0 Å². The average molecular weight is 186 g/mol. The van der Waals surface area contributed by atoms with Gasteiger partial charge in [-0.25, -0.2) is 0 Å². The topological polar surface area (TPSA) is 58.7 Å². The summed E-state index contributed by atoms with van der Waals surface area (Å²) in [5.41, 5.74) is 1.77. The van der Waals surface area contributed by atoms with Crippen LogP contribution in [0.3, 0.4) is 0 Å². The maximum Gasteiger partial charge on any atom is 0.141 e. The molecule has 0 saturated carbocycles. The zero-order valence-electron chi connectivity index (χ0n) is 7.21. The zero-order valence-corrected chi connectivity index (χ0v) is 7.21. The summed E-state index contributed by atoms with van der Waals surface area (Å²) in [5.74, 6) is 0. The Morgan fingerprint density at radius 2 is 2.21 bits per heavy atom. The van der Waals surface area contributed by atoms with E-state index in [1.54, 1.807) is 12.5 Å². The molecule has 0 fully saturated rings. The van der Waals surface area contributed by atoms with Crippen molar-refractivity contribution in [3.8, 4) is 0 Å². The second-order valence-electron chi connectivity index (χ2n) is 2.96. The SMILES string of the molecule is C1=COCc2ccc3c(c2=N1)=NN=N3. The molecule has 68 valence electrons. The van der Waals surface area contributed by atoms with Crippen molar-refractivity contribution in [3.63, 3.8) is 0 Å². The Morgan fingerprint density at radius 3 is 3.21 bits per heavy atom. The van der Waals surface area contributed by atoms with E-state index < -0.39 is 0 Å². The first kappa shape index (κ1) is 7.37. The number of nitrogens with zero attached hydrogens (tertiary/aromatic N) is 4. The number of ether oxygens (including phenoxy) is 1. The molecular formula is C9H6N4O. The molecule has 14 heavy (non-hydrogen) atoms. The molecule has 5 heteroatoms. The number of rotatable bonds is 0. The van der Waals surface area contributed by atoms with Crippen molar-refractivity contribution in [3.05, 3.63) is 40.9 Å². The Morgan fingerprint density at radius 1 is 1.21 bits per heavy atom. The molecule has 0 atom stereocenters. The lowest BCUT2D eigenvalue weighted by Crippen LogP contribution is -2.27. The van der Waals surface area contributed by atoms with E-state index in [-0.39, 0.29) is 0 Å². The lowest BCUT2D eigenvalue weighted by Gasteiger charge is -1.98. The third-order valence-electron chi connectivity index (χ3n) is 2.11. The van der Waals surface area contributed by atoms with Gasteiger partial charge in [0.25, 0.3) is 0 Å². The standard InChI is InChI=1S/C9H6N4O/c1-2-7-9(12-13-11-7)8-6(1)5-14-4-3-10-8/h1-4H,5H2. The minimum absolute atomic E-state index is 0.512. The van der Waals surface area contributed by atoms with Crippen LogP contribution in [0.4, 0.5) is 5.69 Å². The first-order valence-electron chi connectivity index (χ1n) is 4.20. The molecule has 0 bridgehead atoms. The number of hydrogen-bond acceptors (Lipinski definition) is 5. The summed E-state index contributed by atoms with van der Waals surface area (Å²) in [6, 6.07) is 3.81. The van der Waals surface area contributed by atoms with Crippen LogP contribution in [-0.4, -0.2) is 0 Å². The Hall–Kier alpha value is -2.04. The minimum atomic E-state index is 0.512. The molecular weight excluding hydrogens is 180 g/mol. The van der Waals surface area contributed by atoms with Crippen molar-refractivity contribution < 1.29 is 4.74 Å². The van der Waals surface area contributed by atoms with Crippen molar-refractivity contribution in [1.82, 2.24) is 0 Å². The highest BCUT2D eigenvalue weighted by molar-refractivity contribution is 5.38. The molecule has 0 unspecified atom stereocenters. The summed E-state index contributed by atoms with van der Waals surface area (Å²) in [6.45, 7) is 0.512. The highest BCUT2D eigenvalue weighted by Gasteiger charge is 2.08. The van der Waals surface area contributed by atoms with E-state index in [4.69, 9.17) is 4.74 Å². The largest absolute Gasteiger partial charge is 0.495 e. The van der Waals surface area contributed by atoms with Crippen LogP contribution in [-0.2, 0) is 11.3 Å². The van der Waals surface area contributed by atoms with Crippen molar-refractivity contribution in [2.24, 2.45) is 20.4 Å². The summed E-state index contributed by atoms with van der Waals surface area (Å²) in [4.78, 5) is 4.24. The van der Waals surface area contributed by atoms with Gasteiger partial charge in [0.05, 0.1) is 11.6 Å². The van der Waals surface area contributed by atoms with E-state index in [2.05, 4.69) is 20.4 Å². The Kier molecular flexibility index (Phi) is 1.44. The normalized spacial score (nSPS) is 16.0. The zero-order chi connectivity index (χ0) is 9.38. The Labute approximate surface area is 79.1 Å². The molecule has 0 N–H and O–H groups in total. The van der Waals surface area contributed by atoms with Crippen molar-refractivity contribution in [2.45, 2.75) is 6.61 Å². The van der Waals surface area contributed by atoms with Gasteiger partial charge in [0.1, 0.15) is 23.9 Å². The van der Waals surface area contributed by atoms with Crippen LogP contribution < -0.4 is 10.7 Å². The summed E-state index contributed by atoms with van der Waals surface area (Å²) < 4.78 is 5.20. The van der Waals surface area contributed by atoms with Gasteiger partial charge in [-0.3, -0.25) is 4.99 Å². The van der Waals surface area contributed by atoms with E-state index in [1.165, 1.54) is 0 Å². The molecule has 0 radical (unpaired) electrons. The highest BCUT2D eigenvalue weighted by Crippen LogP contribution is 2.10. The van der Waals surface area contributed by atoms with Gasteiger partial charge in [0.2, 0.25) is 0 Å². The van der Waals surface area contributed by atoms with Gasteiger partial charge in [-0.05, 0) is 11.3 Å². The molecule has 2 aliphatic heterocycles. The fourth-order valence-corrected chi connectivity index (χ4v) is 1.45. The maximum atomic E-state index is 5.20. The molecule has 0 spiro atoms. The molecule has 1 aromatic carbocycles. The second kappa shape index (κ2) is 2.73. The van der Waals surface area contributed by atoms with Crippen LogP contribution in [0.15, 0.2) is 45.0 Å². The molecule has 1 aromatic rings. The molecule has 0 saturated heterocycles. The minimum Gasteiger partial charge on any atom is -0.495 e. The Bertz CT molecular complexity index is 559. The van der Waals surface area contributed by atoms with Gasteiger partial charge in [0.15, 0.2) is 0 Å². The predicted molar refractivity (Wildman–Crippen MR) is 47.2 cm³/mol. The van der Waals surface area contributed by atoms with Crippen molar-refractivity contribution in [2.75, 3.05) is 0 Å². The summed E-state index contributed by atoms with van der Waals surface area (Å²) in [5, 5.41) is 13.0. The van der Waals surface area contributed by atoms with Crippen LogP contribution in [0.25, 0.3) is 0 Å². The van der Waals surface area contributed by atoms with Crippen LogP contribution in [0, 0.1) is 0 Å². The van der Waals surface area contributed by atoms with Gasteiger partial charge in [-0.2, -0.15) is 0 Å². The van der Waals surface area contributed by atoms with E-state index in [9.17, 15) is 0 Å². The third kappa shape index (κ3) is 0.953. The number of hydrogen-bond donors (Lipinski definition) is 0. The second-order valence-corrected chi connectivity index (χ2v) is 2.96. The monoisotopic (exact) mass is 186 g/mol. The van der Waals surface area contributed by atoms with E-state index in [1.807, 2.05) is 12.1 Å². The van der Waals surface area contributed by atoms with Crippen LogP contribution in [0.1, 0.15) is 5.56 Å². The molecule has 5 nitrogen and oxygen atoms in total. The predicted octanol–water partition coefficient (Wildman–Crippen LogP) is 0.939. The molecule has 3 rings (SSSR count). The lowest BCUT2D eigenvalue weighted by atomic mass is 10.2. The average Bonchev–Trinajstić information content (AvgIpc) is 2.55. The summed E-state index contributed by atoms with van der Waals surface area (Å²) in [6.07, 6.45) is 3.18. The fraction of sp³-hybridized carbons (Fsp3) is 0.111. The first-order valence-corrected chi connectivity index (χ1v) is 4.20. The summed E-state index contributed by atoms with van der Waals surface area (Å²) in [7, 11) is 0. The van der Waals surface area contributed by atoms with Crippen LogP contribution in [0.2, 0.25) is 0 Å². The van der Waals surface area contributed by atoms with Gasteiger partial charge >= 0.3 is 0 Å². The fourth-order valence-electron chi connectivity index (χ4n) is 1.45. The lowest BCUT2D eigenvalue weighted by molar-refractivity contribution is 0.237. The molecule has 2 heterocycles. The van der Waals surface area contributed by atoms with Gasteiger partial charge in [0, 0.05) is 5.56 Å². The molecule has 0 aromatic heterocycles. The Balaban J connectivity index is 2.43. The first-order chi connectivity index (χ1) is 6.95. The molecule has 0 aliphatic carbocycles. The number of benzene rings is 1. The quantitative estimate of drug-likeness (QED) is 0.594. The van der Waals surface area contributed by atoms with E-state index in [0.29, 0.717) is 6.61 Å².